The Bertz CT molecular complexity index is 985. The van der Waals surface area contributed by atoms with E-state index in [1.165, 1.54) is 0 Å². The maximum atomic E-state index is 6.04. The molecule has 1 aromatic carbocycles. The minimum atomic E-state index is -0.321. The summed E-state index contributed by atoms with van der Waals surface area (Å²) in [5.41, 5.74) is 2.23. The molecule has 3 aromatic rings. The van der Waals surface area contributed by atoms with E-state index >= 15 is 0 Å². The summed E-state index contributed by atoms with van der Waals surface area (Å²) < 4.78 is 1.99. The standard InChI is InChI=1S/C17H13ClN6/c1-10-22-23-16-17(6-7-17)21-13(11-2-4-12(18)5-3-11)14-15(24(10)16)20-9-8-19-14/h2-5,8-9H,6-7H2,1H3. The monoisotopic (exact) mass is 336 g/mol. The number of halogens is 1. The number of fused-ring (bicyclic) bond motifs is 4. The van der Waals surface area contributed by atoms with Crippen LogP contribution in [0.3, 0.4) is 0 Å². The average molecular weight is 337 g/mol. The number of aryl methyl sites for hydroxylation is 1. The Kier molecular flexibility index (Phi) is 2.71. The Labute approximate surface area is 143 Å². The Morgan fingerprint density at radius 3 is 2.54 bits per heavy atom. The Morgan fingerprint density at radius 2 is 1.79 bits per heavy atom. The summed E-state index contributed by atoms with van der Waals surface area (Å²) >= 11 is 6.04. The molecule has 1 aliphatic heterocycles. The van der Waals surface area contributed by atoms with E-state index in [0.717, 1.165) is 47.3 Å². The van der Waals surface area contributed by atoms with E-state index in [4.69, 9.17) is 16.6 Å². The highest BCUT2D eigenvalue weighted by molar-refractivity contribution is 6.30. The van der Waals surface area contributed by atoms with Crippen LogP contribution in [0.25, 0.3) is 5.82 Å². The van der Waals surface area contributed by atoms with Crippen LogP contribution in [0.4, 0.5) is 0 Å². The smallest absolute Gasteiger partial charge is 0.168 e. The molecular formula is C17H13ClN6. The van der Waals surface area contributed by atoms with E-state index in [-0.39, 0.29) is 5.54 Å². The first-order valence-electron chi connectivity index (χ1n) is 7.78. The number of aromatic nitrogens is 5. The molecule has 2 aliphatic rings. The van der Waals surface area contributed by atoms with E-state index in [0.29, 0.717) is 5.02 Å². The minimum absolute atomic E-state index is 0.321. The van der Waals surface area contributed by atoms with Crippen molar-refractivity contribution in [2.45, 2.75) is 25.3 Å². The summed E-state index contributed by atoms with van der Waals surface area (Å²) in [5.74, 6) is 2.38. The highest BCUT2D eigenvalue weighted by atomic mass is 35.5. The molecule has 5 rings (SSSR count). The van der Waals surface area contributed by atoms with Crippen molar-refractivity contribution in [2.24, 2.45) is 4.99 Å². The maximum absolute atomic E-state index is 6.04. The van der Waals surface area contributed by atoms with Gasteiger partial charge in [-0.1, -0.05) is 23.7 Å². The van der Waals surface area contributed by atoms with Crippen LogP contribution in [0.2, 0.25) is 5.02 Å². The van der Waals surface area contributed by atoms with Crippen LogP contribution in [-0.4, -0.2) is 30.4 Å². The molecule has 0 unspecified atom stereocenters. The molecule has 0 radical (unpaired) electrons. The molecule has 2 aromatic heterocycles. The van der Waals surface area contributed by atoms with Gasteiger partial charge in [0.15, 0.2) is 11.6 Å². The van der Waals surface area contributed by atoms with Gasteiger partial charge in [0, 0.05) is 23.0 Å². The predicted octanol–water partition coefficient (Wildman–Crippen LogP) is 2.86. The van der Waals surface area contributed by atoms with Gasteiger partial charge in [-0.2, -0.15) is 0 Å². The summed E-state index contributed by atoms with van der Waals surface area (Å²) in [7, 11) is 0. The zero-order chi connectivity index (χ0) is 16.3. The van der Waals surface area contributed by atoms with Crippen LogP contribution in [-0.2, 0) is 5.54 Å². The second-order valence-corrected chi connectivity index (χ2v) is 6.57. The molecule has 0 saturated heterocycles. The third-order valence-corrected chi connectivity index (χ3v) is 4.78. The van der Waals surface area contributed by atoms with Crippen LogP contribution in [0.5, 0.6) is 0 Å². The van der Waals surface area contributed by atoms with E-state index in [9.17, 15) is 0 Å². The topological polar surface area (TPSA) is 68.8 Å². The summed E-state index contributed by atoms with van der Waals surface area (Å²) in [5, 5.41) is 9.33. The number of hydrogen-bond acceptors (Lipinski definition) is 5. The number of rotatable bonds is 1. The Hall–Kier alpha value is -2.60. The molecule has 24 heavy (non-hydrogen) atoms. The lowest BCUT2D eigenvalue weighted by atomic mass is 10.1. The first-order chi connectivity index (χ1) is 11.7. The van der Waals surface area contributed by atoms with Crippen molar-refractivity contribution in [3.63, 3.8) is 0 Å². The van der Waals surface area contributed by atoms with Crippen molar-refractivity contribution in [2.75, 3.05) is 0 Å². The van der Waals surface area contributed by atoms with Crippen molar-refractivity contribution in [3.8, 4) is 5.82 Å². The third kappa shape index (κ3) is 1.86. The molecular weight excluding hydrogens is 324 g/mol. The summed E-state index contributed by atoms with van der Waals surface area (Å²) in [6, 6.07) is 7.67. The van der Waals surface area contributed by atoms with Crippen LogP contribution in [0, 0.1) is 6.92 Å². The molecule has 0 bridgehead atoms. The van der Waals surface area contributed by atoms with E-state index < -0.39 is 0 Å². The van der Waals surface area contributed by atoms with Crippen LogP contribution in [0.1, 0.15) is 35.7 Å². The largest absolute Gasteiger partial charge is 0.268 e. The summed E-state index contributed by atoms with van der Waals surface area (Å²) in [4.78, 5) is 14.2. The SMILES string of the molecule is Cc1nnc2n1-c1nccnc1C(c1ccc(Cl)cc1)=NC21CC1. The number of benzene rings is 1. The van der Waals surface area contributed by atoms with Gasteiger partial charge in [-0.05, 0) is 31.9 Å². The van der Waals surface area contributed by atoms with Gasteiger partial charge in [-0.3, -0.25) is 9.56 Å². The molecule has 118 valence electrons. The Balaban J connectivity index is 1.83. The second-order valence-electron chi connectivity index (χ2n) is 6.13. The maximum Gasteiger partial charge on any atom is 0.168 e. The van der Waals surface area contributed by atoms with Crippen LogP contribution >= 0.6 is 11.6 Å². The van der Waals surface area contributed by atoms with Crippen molar-refractivity contribution < 1.29 is 0 Å². The van der Waals surface area contributed by atoms with E-state index in [1.54, 1.807) is 12.4 Å². The van der Waals surface area contributed by atoms with Gasteiger partial charge in [-0.25, -0.2) is 9.97 Å². The number of aliphatic imine (C=N–C) groups is 1. The second kappa shape index (κ2) is 4.70. The third-order valence-electron chi connectivity index (χ3n) is 4.52. The van der Waals surface area contributed by atoms with Gasteiger partial charge in [0.25, 0.3) is 0 Å². The minimum Gasteiger partial charge on any atom is -0.268 e. The van der Waals surface area contributed by atoms with Gasteiger partial charge in [0.05, 0.1) is 5.71 Å². The quantitative estimate of drug-likeness (QED) is 0.685. The van der Waals surface area contributed by atoms with Crippen molar-refractivity contribution in [1.82, 2.24) is 24.7 Å². The van der Waals surface area contributed by atoms with Crippen molar-refractivity contribution in [3.05, 3.63) is 64.6 Å². The first-order valence-corrected chi connectivity index (χ1v) is 8.16. The fraction of sp³-hybridized carbons (Fsp3) is 0.235. The molecule has 1 spiro atoms. The molecule has 7 heteroatoms. The lowest BCUT2D eigenvalue weighted by Crippen LogP contribution is -2.12. The average Bonchev–Trinajstić information content (AvgIpc) is 3.30. The lowest BCUT2D eigenvalue weighted by Gasteiger charge is -2.09. The molecule has 1 aliphatic carbocycles. The summed E-state index contributed by atoms with van der Waals surface area (Å²) in [6.07, 6.45) is 5.29. The van der Waals surface area contributed by atoms with Crippen molar-refractivity contribution >= 4 is 17.3 Å². The fourth-order valence-electron chi connectivity index (χ4n) is 3.16. The predicted molar refractivity (Wildman–Crippen MR) is 89.7 cm³/mol. The van der Waals surface area contributed by atoms with Crippen LogP contribution < -0.4 is 0 Å². The van der Waals surface area contributed by atoms with Crippen molar-refractivity contribution in [1.29, 1.82) is 0 Å². The lowest BCUT2D eigenvalue weighted by molar-refractivity contribution is 0.656. The molecule has 0 amide bonds. The highest BCUT2D eigenvalue weighted by Gasteiger charge is 2.51. The number of hydrogen-bond donors (Lipinski definition) is 0. The molecule has 6 nitrogen and oxygen atoms in total. The van der Waals surface area contributed by atoms with E-state index in [1.807, 2.05) is 35.8 Å². The molecule has 0 atom stereocenters. The zero-order valence-corrected chi connectivity index (χ0v) is 13.7. The molecule has 1 saturated carbocycles. The molecule has 1 fully saturated rings. The van der Waals surface area contributed by atoms with Gasteiger partial charge in [0.1, 0.15) is 17.1 Å². The summed E-state index contributed by atoms with van der Waals surface area (Å²) in [6.45, 7) is 1.93. The first kappa shape index (κ1) is 13.8. The van der Waals surface area contributed by atoms with E-state index in [2.05, 4.69) is 20.2 Å². The highest BCUT2D eigenvalue weighted by Crippen LogP contribution is 2.51. The van der Waals surface area contributed by atoms with Gasteiger partial charge < -0.3 is 0 Å². The Morgan fingerprint density at radius 1 is 1.04 bits per heavy atom. The fourth-order valence-corrected chi connectivity index (χ4v) is 3.28. The van der Waals surface area contributed by atoms with Gasteiger partial charge in [-0.15, -0.1) is 10.2 Å². The molecule has 0 N–H and O–H groups in total. The van der Waals surface area contributed by atoms with Gasteiger partial charge >= 0.3 is 0 Å². The van der Waals surface area contributed by atoms with Gasteiger partial charge in [0.2, 0.25) is 0 Å². The zero-order valence-electron chi connectivity index (χ0n) is 12.9. The van der Waals surface area contributed by atoms with Crippen LogP contribution in [0.15, 0.2) is 41.7 Å². The number of nitrogens with zero attached hydrogens (tertiary/aromatic N) is 6. The molecule has 3 heterocycles. The normalized spacial score (nSPS) is 17.0.